The Morgan fingerprint density at radius 1 is 1.31 bits per heavy atom. The average Bonchev–Trinajstić information content (AvgIpc) is 2.78. The van der Waals surface area contributed by atoms with Gasteiger partial charge in [-0.1, -0.05) is 13.8 Å². The van der Waals surface area contributed by atoms with Gasteiger partial charge in [-0.15, -0.1) is 0 Å². The molecule has 1 heterocycles. The summed E-state index contributed by atoms with van der Waals surface area (Å²) in [6, 6.07) is 0.592. The standard InChI is InChI=1S/C13H26N2O/c1-3-10-15(11-4-2)13(16)8-7-12-6-5-9-14-12/h12,14H,3-11H2,1-2H3. The van der Waals surface area contributed by atoms with Gasteiger partial charge in [-0.25, -0.2) is 0 Å². The van der Waals surface area contributed by atoms with E-state index in [1.807, 2.05) is 4.90 Å². The smallest absolute Gasteiger partial charge is 0.222 e. The first-order chi connectivity index (χ1) is 7.77. The Morgan fingerprint density at radius 3 is 2.50 bits per heavy atom. The molecule has 0 aromatic carbocycles. The number of hydrogen-bond donors (Lipinski definition) is 1. The van der Waals surface area contributed by atoms with Crippen molar-refractivity contribution in [2.75, 3.05) is 19.6 Å². The van der Waals surface area contributed by atoms with Gasteiger partial charge in [0.05, 0.1) is 0 Å². The predicted octanol–water partition coefficient (Wildman–Crippen LogP) is 2.17. The van der Waals surface area contributed by atoms with Gasteiger partial charge in [-0.3, -0.25) is 4.79 Å². The van der Waals surface area contributed by atoms with Crippen LogP contribution in [0.4, 0.5) is 0 Å². The molecular weight excluding hydrogens is 200 g/mol. The third kappa shape index (κ3) is 4.52. The van der Waals surface area contributed by atoms with Gasteiger partial charge in [-0.05, 0) is 38.6 Å². The first-order valence-corrected chi connectivity index (χ1v) is 6.79. The van der Waals surface area contributed by atoms with Crippen molar-refractivity contribution < 1.29 is 4.79 Å². The van der Waals surface area contributed by atoms with Gasteiger partial charge in [0, 0.05) is 25.6 Å². The fourth-order valence-electron chi connectivity index (χ4n) is 2.36. The van der Waals surface area contributed by atoms with Crippen LogP contribution in [-0.2, 0) is 4.79 Å². The largest absolute Gasteiger partial charge is 0.343 e. The van der Waals surface area contributed by atoms with Gasteiger partial charge in [0.15, 0.2) is 0 Å². The highest BCUT2D eigenvalue weighted by Gasteiger charge is 2.17. The molecule has 1 aliphatic heterocycles. The van der Waals surface area contributed by atoms with Crippen molar-refractivity contribution in [3.63, 3.8) is 0 Å². The number of carbonyl (C=O) groups is 1. The maximum atomic E-state index is 12.0. The first kappa shape index (κ1) is 13.5. The molecule has 94 valence electrons. The number of rotatable bonds is 7. The van der Waals surface area contributed by atoms with E-state index in [4.69, 9.17) is 0 Å². The molecule has 1 N–H and O–H groups in total. The SMILES string of the molecule is CCCN(CCC)C(=O)CCC1CCCN1. The number of amides is 1. The van der Waals surface area contributed by atoms with Crippen molar-refractivity contribution in [3.05, 3.63) is 0 Å². The zero-order valence-corrected chi connectivity index (χ0v) is 10.8. The van der Waals surface area contributed by atoms with Crippen LogP contribution in [0.5, 0.6) is 0 Å². The van der Waals surface area contributed by atoms with E-state index in [0.717, 1.165) is 45.3 Å². The second-order valence-electron chi connectivity index (χ2n) is 4.71. The number of carbonyl (C=O) groups excluding carboxylic acids is 1. The molecule has 0 saturated carbocycles. The Bertz CT molecular complexity index is 194. The summed E-state index contributed by atoms with van der Waals surface area (Å²) in [5.41, 5.74) is 0. The molecule has 1 unspecified atom stereocenters. The molecule has 0 spiro atoms. The van der Waals surface area contributed by atoms with E-state index in [2.05, 4.69) is 19.2 Å². The van der Waals surface area contributed by atoms with Crippen LogP contribution < -0.4 is 5.32 Å². The van der Waals surface area contributed by atoms with Gasteiger partial charge in [-0.2, -0.15) is 0 Å². The quantitative estimate of drug-likeness (QED) is 0.721. The minimum absolute atomic E-state index is 0.345. The van der Waals surface area contributed by atoms with Crippen molar-refractivity contribution in [2.24, 2.45) is 0 Å². The van der Waals surface area contributed by atoms with Gasteiger partial charge < -0.3 is 10.2 Å². The zero-order chi connectivity index (χ0) is 11.8. The van der Waals surface area contributed by atoms with Crippen LogP contribution in [0.25, 0.3) is 0 Å². The Morgan fingerprint density at radius 2 is 2.00 bits per heavy atom. The number of nitrogens with one attached hydrogen (secondary N) is 1. The van der Waals surface area contributed by atoms with Gasteiger partial charge in [0.1, 0.15) is 0 Å². The topological polar surface area (TPSA) is 32.3 Å². The van der Waals surface area contributed by atoms with E-state index in [-0.39, 0.29) is 0 Å². The average molecular weight is 226 g/mol. The molecule has 1 atom stereocenters. The maximum absolute atomic E-state index is 12.0. The van der Waals surface area contributed by atoms with Gasteiger partial charge >= 0.3 is 0 Å². The molecule has 3 heteroatoms. The second-order valence-corrected chi connectivity index (χ2v) is 4.71. The molecule has 1 fully saturated rings. The van der Waals surface area contributed by atoms with Gasteiger partial charge in [0.25, 0.3) is 0 Å². The van der Waals surface area contributed by atoms with Crippen LogP contribution in [0, 0.1) is 0 Å². The summed E-state index contributed by atoms with van der Waals surface area (Å²) in [7, 11) is 0. The Kier molecular flexibility index (Phi) is 6.46. The molecule has 0 aromatic rings. The van der Waals surface area contributed by atoms with Crippen LogP contribution in [0.3, 0.4) is 0 Å². The van der Waals surface area contributed by atoms with E-state index in [0.29, 0.717) is 11.9 Å². The van der Waals surface area contributed by atoms with Crippen molar-refractivity contribution >= 4 is 5.91 Å². The lowest BCUT2D eigenvalue weighted by atomic mass is 10.1. The molecule has 1 saturated heterocycles. The number of nitrogens with zero attached hydrogens (tertiary/aromatic N) is 1. The van der Waals surface area contributed by atoms with Crippen LogP contribution in [0.2, 0.25) is 0 Å². The minimum atomic E-state index is 0.345. The molecule has 0 radical (unpaired) electrons. The summed E-state index contributed by atoms with van der Waals surface area (Å²) >= 11 is 0. The minimum Gasteiger partial charge on any atom is -0.343 e. The van der Waals surface area contributed by atoms with Crippen LogP contribution >= 0.6 is 0 Å². The zero-order valence-electron chi connectivity index (χ0n) is 10.8. The van der Waals surface area contributed by atoms with E-state index in [9.17, 15) is 4.79 Å². The van der Waals surface area contributed by atoms with Crippen molar-refractivity contribution in [2.45, 2.75) is 58.4 Å². The van der Waals surface area contributed by atoms with Crippen molar-refractivity contribution in [3.8, 4) is 0 Å². The molecule has 3 nitrogen and oxygen atoms in total. The highest BCUT2D eigenvalue weighted by molar-refractivity contribution is 5.76. The Balaban J connectivity index is 2.24. The molecule has 16 heavy (non-hydrogen) atoms. The molecule has 0 aromatic heterocycles. The van der Waals surface area contributed by atoms with E-state index >= 15 is 0 Å². The fourth-order valence-corrected chi connectivity index (χ4v) is 2.36. The van der Waals surface area contributed by atoms with Gasteiger partial charge in [0.2, 0.25) is 5.91 Å². The van der Waals surface area contributed by atoms with Crippen LogP contribution in [-0.4, -0.2) is 36.5 Å². The lowest BCUT2D eigenvalue weighted by molar-refractivity contribution is -0.131. The molecule has 0 bridgehead atoms. The summed E-state index contributed by atoms with van der Waals surface area (Å²) in [4.78, 5) is 14.0. The predicted molar refractivity (Wildman–Crippen MR) is 67.4 cm³/mol. The first-order valence-electron chi connectivity index (χ1n) is 6.79. The molecule has 1 rings (SSSR count). The van der Waals surface area contributed by atoms with Crippen LogP contribution in [0.1, 0.15) is 52.4 Å². The summed E-state index contributed by atoms with van der Waals surface area (Å²) in [5, 5.41) is 3.44. The second kappa shape index (κ2) is 7.66. The third-order valence-electron chi connectivity index (χ3n) is 3.21. The van der Waals surface area contributed by atoms with Crippen LogP contribution in [0.15, 0.2) is 0 Å². The summed E-state index contributed by atoms with van der Waals surface area (Å²) < 4.78 is 0. The Labute approximate surface area is 99.6 Å². The molecule has 1 aliphatic rings. The normalized spacial score (nSPS) is 20.0. The fraction of sp³-hybridized carbons (Fsp3) is 0.923. The number of hydrogen-bond acceptors (Lipinski definition) is 2. The van der Waals surface area contributed by atoms with E-state index in [1.54, 1.807) is 0 Å². The molecule has 0 aliphatic carbocycles. The highest BCUT2D eigenvalue weighted by atomic mass is 16.2. The van der Waals surface area contributed by atoms with E-state index in [1.165, 1.54) is 12.8 Å². The molecule has 1 amide bonds. The lowest BCUT2D eigenvalue weighted by Crippen LogP contribution is -2.33. The molecular formula is C13H26N2O. The van der Waals surface area contributed by atoms with Crippen molar-refractivity contribution in [1.29, 1.82) is 0 Å². The summed E-state index contributed by atoms with van der Waals surface area (Å²) in [6.45, 7) is 7.24. The lowest BCUT2D eigenvalue weighted by Gasteiger charge is -2.22. The summed E-state index contributed by atoms with van der Waals surface area (Å²) in [6.07, 6.45) is 6.38. The third-order valence-corrected chi connectivity index (χ3v) is 3.21. The Hall–Kier alpha value is -0.570. The van der Waals surface area contributed by atoms with Crippen molar-refractivity contribution in [1.82, 2.24) is 10.2 Å². The monoisotopic (exact) mass is 226 g/mol. The highest BCUT2D eigenvalue weighted by Crippen LogP contribution is 2.12. The maximum Gasteiger partial charge on any atom is 0.222 e. The summed E-state index contributed by atoms with van der Waals surface area (Å²) in [5.74, 6) is 0.345. The van der Waals surface area contributed by atoms with E-state index < -0.39 is 0 Å².